The van der Waals surface area contributed by atoms with Crippen LogP contribution in [0, 0.1) is 0 Å². The van der Waals surface area contributed by atoms with Gasteiger partial charge in [-0.15, -0.1) is 0 Å². The molecule has 2 aliphatic heterocycles. The van der Waals surface area contributed by atoms with Gasteiger partial charge in [0.15, 0.2) is 0 Å². The van der Waals surface area contributed by atoms with E-state index in [0.29, 0.717) is 32.8 Å². The maximum absolute atomic E-state index is 12.4. The Kier molecular flexibility index (Phi) is 6.03. The summed E-state index contributed by atoms with van der Waals surface area (Å²) in [6, 6.07) is 6.06. The second-order valence-corrected chi connectivity index (χ2v) is 6.41. The summed E-state index contributed by atoms with van der Waals surface area (Å²) in [5.74, 6) is 0.0402. The van der Waals surface area contributed by atoms with E-state index >= 15 is 0 Å². The van der Waals surface area contributed by atoms with Crippen molar-refractivity contribution < 1.29 is 27.8 Å². The van der Waals surface area contributed by atoms with E-state index in [0.717, 1.165) is 18.4 Å². The average Bonchev–Trinajstić information content (AvgIpc) is 3.17. The van der Waals surface area contributed by atoms with Crippen molar-refractivity contribution >= 4 is 11.8 Å². The molecule has 2 heterocycles. The number of hydrogen-bond donors (Lipinski definition) is 0. The zero-order chi connectivity index (χ0) is 18.5. The molecule has 2 fully saturated rings. The Balaban J connectivity index is 1.46. The Bertz CT molecular complexity index is 625. The molecule has 2 aliphatic rings. The third-order valence-electron chi connectivity index (χ3n) is 4.65. The first-order chi connectivity index (χ1) is 12.5. The van der Waals surface area contributed by atoms with E-state index in [4.69, 9.17) is 4.74 Å². The predicted octanol–water partition coefficient (Wildman–Crippen LogP) is 1.68. The van der Waals surface area contributed by atoms with Crippen LogP contribution in [0.4, 0.5) is 8.78 Å². The molecule has 0 aromatic heterocycles. The van der Waals surface area contributed by atoms with Gasteiger partial charge in [-0.25, -0.2) is 0 Å². The molecule has 1 unspecified atom stereocenters. The van der Waals surface area contributed by atoms with Gasteiger partial charge in [0.2, 0.25) is 5.91 Å². The summed E-state index contributed by atoms with van der Waals surface area (Å²) in [7, 11) is 0. The lowest BCUT2D eigenvalue weighted by Crippen LogP contribution is -2.53. The number of nitrogens with zero attached hydrogens (tertiary/aromatic N) is 2. The van der Waals surface area contributed by atoms with E-state index in [1.165, 1.54) is 12.1 Å². The second kappa shape index (κ2) is 8.44. The van der Waals surface area contributed by atoms with E-state index in [9.17, 15) is 18.4 Å². The zero-order valence-electron chi connectivity index (χ0n) is 14.4. The Labute approximate surface area is 150 Å². The lowest BCUT2D eigenvalue weighted by molar-refractivity contribution is -0.145. The van der Waals surface area contributed by atoms with Crippen molar-refractivity contribution in [3.63, 3.8) is 0 Å². The highest BCUT2D eigenvalue weighted by Crippen LogP contribution is 2.18. The Morgan fingerprint density at radius 1 is 1.12 bits per heavy atom. The number of carbonyl (C=O) groups excluding carboxylic acids is 2. The molecule has 3 rings (SSSR count). The first kappa shape index (κ1) is 18.6. The molecule has 0 spiro atoms. The monoisotopic (exact) mass is 368 g/mol. The van der Waals surface area contributed by atoms with Crippen LogP contribution in [0.3, 0.4) is 0 Å². The van der Waals surface area contributed by atoms with E-state index in [-0.39, 0.29) is 30.1 Å². The molecule has 142 valence electrons. The quantitative estimate of drug-likeness (QED) is 0.794. The first-order valence-electron chi connectivity index (χ1n) is 8.75. The fraction of sp³-hybridized carbons (Fsp3) is 0.556. The van der Waals surface area contributed by atoms with Crippen LogP contribution in [0.5, 0.6) is 5.75 Å². The summed E-state index contributed by atoms with van der Waals surface area (Å²) >= 11 is 0. The van der Waals surface area contributed by atoms with Gasteiger partial charge in [0, 0.05) is 32.8 Å². The molecular weight excluding hydrogens is 346 g/mol. The van der Waals surface area contributed by atoms with Gasteiger partial charge in [0.1, 0.15) is 11.9 Å². The highest BCUT2D eigenvalue weighted by atomic mass is 19.3. The summed E-state index contributed by atoms with van der Waals surface area (Å²) < 4.78 is 34.0. The van der Waals surface area contributed by atoms with Gasteiger partial charge >= 0.3 is 6.61 Å². The van der Waals surface area contributed by atoms with Crippen molar-refractivity contribution in [3.8, 4) is 5.75 Å². The number of ether oxygens (including phenoxy) is 2. The molecule has 0 saturated carbocycles. The van der Waals surface area contributed by atoms with Crippen molar-refractivity contribution in [2.75, 3.05) is 32.8 Å². The Morgan fingerprint density at radius 3 is 2.35 bits per heavy atom. The molecule has 0 bridgehead atoms. The van der Waals surface area contributed by atoms with Crippen molar-refractivity contribution in [3.05, 3.63) is 29.8 Å². The summed E-state index contributed by atoms with van der Waals surface area (Å²) in [6.45, 7) is -0.239. The highest BCUT2D eigenvalue weighted by Gasteiger charge is 2.31. The number of hydrogen-bond acceptors (Lipinski definition) is 4. The molecule has 2 saturated heterocycles. The topological polar surface area (TPSA) is 59.1 Å². The van der Waals surface area contributed by atoms with Crippen LogP contribution in [0.15, 0.2) is 24.3 Å². The molecule has 1 aromatic carbocycles. The van der Waals surface area contributed by atoms with Crippen LogP contribution in [0.25, 0.3) is 0 Å². The van der Waals surface area contributed by atoms with Crippen LogP contribution >= 0.6 is 0 Å². The summed E-state index contributed by atoms with van der Waals surface area (Å²) in [6.07, 6.45) is 1.54. The molecular formula is C18H22F2N2O4. The third-order valence-corrected chi connectivity index (χ3v) is 4.65. The SMILES string of the molecule is O=C(Cc1ccc(OC(F)F)cc1)N1CCN(C(=O)C2CCCO2)CC1. The van der Waals surface area contributed by atoms with Crippen molar-refractivity contribution in [1.29, 1.82) is 0 Å². The molecule has 26 heavy (non-hydrogen) atoms. The first-order valence-corrected chi connectivity index (χ1v) is 8.75. The van der Waals surface area contributed by atoms with Gasteiger partial charge in [-0.3, -0.25) is 9.59 Å². The van der Waals surface area contributed by atoms with E-state index < -0.39 is 6.61 Å². The minimum Gasteiger partial charge on any atom is -0.435 e. The van der Waals surface area contributed by atoms with Crippen molar-refractivity contribution in [1.82, 2.24) is 9.80 Å². The Morgan fingerprint density at radius 2 is 1.77 bits per heavy atom. The smallest absolute Gasteiger partial charge is 0.387 e. The molecule has 2 amide bonds. The van der Waals surface area contributed by atoms with Gasteiger partial charge in [0.25, 0.3) is 5.91 Å². The maximum atomic E-state index is 12.4. The normalized spacial score (nSPS) is 20.5. The number of halogens is 2. The van der Waals surface area contributed by atoms with E-state index in [2.05, 4.69) is 4.74 Å². The molecule has 0 N–H and O–H groups in total. The van der Waals surface area contributed by atoms with Crippen molar-refractivity contribution in [2.24, 2.45) is 0 Å². The van der Waals surface area contributed by atoms with E-state index in [1.54, 1.807) is 21.9 Å². The van der Waals surface area contributed by atoms with Crippen LogP contribution in [0.1, 0.15) is 18.4 Å². The van der Waals surface area contributed by atoms with Gasteiger partial charge in [-0.2, -0.15) is 8.78 Å². The summed E-state index contributed by atoms with van der Waals surface area (Å²) in [5.41, 5.74) is 0.731. The van der Waals surface area contributed by atoms with Crippen LogP contribution in [-0.2, 0) is 20.7 Å². The van der Waals surface area contributed by atoms with Crippen LogP contribution in [-0.4, -0.2) is 67.1 Å². The van der Waals surface area contributed by atoms with Gasteiger partial charge in [-0.1, -0.05) is 12.1 Å². The Hall–Kier alpha value is -2.22. The lowest BCUT2D eigenvalue weighted by Gasteiger charge is -2.35. The second-order valence-electron chi connectivity index (χ2n) is 6.41. The standard InChI is InChI=1S/C18H22F2N2O4/c19-18(20)26-14-5-3-13(4-6-14)12-16(23)21-7-9-22(10-8-21)17(24)15-2-1-11-25-15/h3-6,15,18H,1-2,7-12H2. The highest BCUT2D eigenvalue weighted by molar-refractivity contribution is 5.82. The van der Waals surface area contributed by atoms with Crippen molar-refractivity contribution in [2.45, 2.75) is 32.0 Å². The van der Waals surface area contributed by atoms with Gasteiger partial charge in [-0.05, 0) is 30.5 Å². The molecule has 8 heteroatoms. The number of carbonyl (C=O) groups is 2. The minimum absolute atomic E-state index is 0.0178. The number of rotatable bonds is 5. The lowest BCUT2D eigenvalue weighted by atomic mass is 10.1. The number of amides is 2. The number of alkyl halides is 2. The van der Waals surface area contributed by atoms with Crippen LogP contribution in [0.2, 0.25) is 0 Å². The van der Waals surface area contributed by atoms with Crippen LogP contribution < -0.4 is 4.74 Å². The summed E-state index contributed by atoms with van der Waals surface area (Å²) in [4.78, 5) is 28.2. The minimum atomic E-state index is -2.86. The van der Waals surface area contributed by atoms with E-state index in [1.807, 2.05) is 0 Å². The molecule has 0 aliphatic carbocycles. The molecule has 6 nitrogen and oxygen atoms in total. The average molecular weight is 368 g/mol. The number of piperazine rings is 1. The van der Waals surface area contributed by atoms with Gasteiger partial charge < -0.3 is 19.3 Å². The zero-order valence-corrected chi connectivity index (χ0v) is 14.4. The maximum Gasteiger partial charge on any atom is 0.387 e. The van der Waals surface area contributed by atoms with Gasteiger partial charge in [0.05, 0.1) is 6.42 Å². The molecule has 1 atom stereocenters. The third kappa shape index (κ3) is 4.69. The fourth-order valence-corrected chi connectivity index (χ4v) is 3.23. The predicted molar refractivity (Wildman–Crippen MR) is 88.9 cm³/mol. The largest absolute Gasteiger partial charge is 0.435 e. The summed E-state index contributed by atoms with van der Waals surface area (Å²) in [5, 5.41) is 0. The number of benzene rings is 1. The fourth-order valence-electron chi connectivity index (χ4n) is 3.23. The molecule has 0 radical (unpaired) electrons. The molecule has 1 aromatic rings.